The van der Waals surface area contributed by atoms with E-state index in [1.165, 1.54) is 44.5 Å². The molecule has 0 spiro atoms. The van der Waals surface area contributed by atoms with Gasteiger partial charge in [0.1, 0.15) is 21.6 Å². The smallest absolute Gasteiger partial charge is 0.166 e. The lowest BCUT2D eigenvalue weighted by atomic mass is 10.2. The van der Waals surface area contributed by atoms with Crippen LogP contribution in [0.4, 0.5) is 0 Å². The Hall–Kier alpha value is -3.26. The predicted octanol–water partition coefficient (Wildman–Crippen LogP) is 5.70. The molecule has 0 aliphatic rings. The van der Waals surface area contributed by atoms with Gasteiger partial charge in [0.05, 0.1) is 30.0 Å². The molecule has 0 saturated carbocycles. The summed E-state index contributed by atoms with van der Waals surface area (Å²) >= 11 is 0. The Labute approximate surface area is 204 Å². The van der Waals surface area contributed by atoms with Crippen LogP contribution in [0, 0.1) is 6.92 Å². The van der Waals surface area contributed by atoms with Crippen molar-refractivity contribution in [3.8, 4) is 11.5 Å². The molecular weight excluding hydrogens is 468 g/mol. The molecule has 0 fully saturated rings. The van der Waals surface area contributed by atoms with Crippen LogP contribution in [0.15, 0.2) is 123 Å². The molecule has 0 amide bonds. The van der Waals surface area contributed by atoms with Gasteiger partial charge in [0.2, 0.25) is 0 Å². The minimum Gasteiger partial charge on any atom is -0.744 e. The Morgan fingerprint density at radius 3 is 1.32 bits per heavy atom. The van der Waals surface area contributed by atoms with Crippen LogP contribution >= 0.6 is 0 Å². The molecule has 0 heterocycles. The number of hydrogen-bond acceptors (Lipinski definition) is 5. The number of rotatable bonds is 6. The second-order valence-electron chi connectivity index (χ2n) is 7.24. The van der Waals surface area contributed by atoms with E-state index < -0.39 is 10.1 Å². The first-order valence-electron chi connectivity index (χ1n) is 10.4. The lowest BCUT2D eigenvalue weighted by Crippen LogP contribution is -2.05. The summed E-state index contributed by atoms with van der Waals surface area (Å²) in [6.07, 6.45) is 0. The van der Waals surface area contributed by atoms with Crippen molar-refractivity contribution in [2.45, 2.75) is 26.5 Å². The van der Waals surface area contributed by atoms with E-state index in [2.05, 4.69) is 55.5 Å². The molecule has 0 N–H and O–H groups in total. The highest BCUT2D eigenvalue weighted by Gasteiger charge is 2.28. The summed E-state index contributed by atoms with van der Waals surface area (Å²) < 4.78 is 41.4. The summed E-state index contributed by atoms with van der Waals surface area (Å²) in [6.45, 7) is 2.11. The van der Waals surface area contributed by atoms with E-state index in [9.17, 15) is 13.0 Å². The van der Waals surface area contributed by atoms with Gasteiger partial charge >= 0.3 is 0 Å². The molecule has 0 saturated heterocycles. The number of aryl methyl sites for hydroxylation is 1. The standard InChI is InChI=1S/C21H21O2S.C6H6O3S/c1-16-4-10-19(11-5-16)24(20-12-6-17(22-2)7-13-20)21-14-8-18(23-3)9-15-21;7-10(8,9)6-4-2-1-3-5-6/h4-15H,1-3H3;1-5H,(H,7,8,9)/q+1;/p-1. The highest BCUT2D eigenvalue weighted by atomic mass is 32.2. The van der Waals surface area contributed by atoms with Gasteiger partial charge in [-0.2, -0.15) is 0 Å². The van der Waals surface area contributed by atoms with E-state index in [0.717, 1.165) is 11.5 Å². The zero-order valence-electron chi connectivity index (χ0n) is 19.2. The van der Waals surface area contributed by atoms with Crippen molar-refractivity contribution >= 4 is 21.0 Å². The van der Waals surface area contributed by atoms with E-state index in [-0.39, 0.29) is 15.8 Å². The summed E-state index contributed by atoms with van der Waals surface area (Å²) in [5.41, 5.74) is 1.27. The van der Waals surface area contributed by atoms with Gasteiger partial charge in [-0.1, -0.05) is 35.9 Å². The highest BCUT2D eigenvalue weighted by Crippen LogP contribution is 2.33. The van der Waals surface area contributed by atoms with Crippen LogP contribution in [-0.4, -0.2) is 27.2 Å². The van der Waals surface area contributed by atoms with Gasteiger partial charge in [-0.25, -0.2) is 8.42 Å². The third-order valence-corrected chi connectivity index (χ3v) is 7.96. The van der Waals surface area contributed by atoms with Crippen molar-refractivity contribution in [1.29, 1.82) is 0 Å². The predicted molar refractivity (Wildman–Crippen MR) is 134 cm³/mol. The number of hydrogen-bond donors (Lipinski definition) is 0. The van der Waals surface area contributed by atoms with Crippen molar-refractivity contribution in [3.05, 3.63) is 109 Å². The van der Waals surface area contributed by atoms with E-state index >= 15 is 0 Å². The normalized spacial score (nSPS) is 10.9. The Morgan fingerprint density at radius 2 is 1.00 bits per heavy atom. The van der Waals surface area contributed by atoms with Crippen LogP contribution in [0.1, 0.15) is 5.56 Å². The van der Waals surface area contributed by atoms with E-state index in [4.69, 9.17) is 9.47 Å². The van der Waals surface area contributed by atoms with Gasteiger partial charge < -0.3 is 14.0 Å². The van der Waals surface area contributed by atoms with Crippen LogP contribution in [0.5, 0.6) is 11.5 Å². The van der Waals surface area contributed by atoms with Crippen LogP contribution in [0.2, 0.25) is 0 Å². The lowest BCUT2D eigenvalue weighted by Gasteiger charge is -2.09. The molecule has 0 atom stereocenters. The monoisotopic (exact) mass is 494 g/mol. The first-order chi connectivity index (χ1) is 16.3. The van der Waals surface area contributed by atoms with E-state index in [1.54, 1.807) is 20.3 Å². The van der Waals surface area contributed by atoms with Gasteiger partial charge in [-0.05, 0) is 79.7 Å². The van der Waals surface area contributed by atoms with Crippen molar-refractivity contribution in [1.82, 2.24) is 0 Å². The van der Waals surface area contributed by atoms with Gasteiger partial charge in [-0.15, -0.1) is 0 Å². The molecule has 5 nitrogen and oxygen atoms in total. The topological polar surface area (TPSA) is 75.7 Å². The van der Waals surface area contributed by atoms with Crippen molar-refractivity contribution in [2.75, 3.05) is 14.2 Å². The Bertz CT molecular complexity index is 1220. The minimum absolute atomic E-state index is 0.155. The fraction of sp³-hybridized carbons (Fsp3) is 0.111. The number of benzene rings is 4. The molecule has 0 bridgehead atoms. The third-order valence-electron chi connectivity index (χ3n) is 4.88. The lowest BCUT2D eigenvalue weighted by molar-refractivity contribution is 0.414. The molecule has 176 valence electrons. The molecule has 7 heteroatoms. The Balaban J connectivity index is 0.000000271. The van der Waals surface area contributed by atoms with Crippen LogP contribution in [0.3, 0.4) is 0 Å². The fourth-order valence-electron chi connectivity index (χ4n) is 3.09. The third kappa shape index (κ3) is 6.87. The molecular formula is C27H26O5S2. The number of ether oxygens (including phenoxy) is 2. The molecule has 34 heavy (non-hydrogen) atoms. The molecule has 0 aliphatic carbocycles. The van der Waals surface area contributed by atoms with Crippen molar-refractivity contribution in [2.24, 2.45) is 0 Å². The van der Waals surface area contributed by atoms with Crippen LogP contribution in [0.25, 0.3) is 0 Å². The highest BCUT2D eigenvalue weighted by molar-refractivity contribution is 7.97. The van der Waals surface area contributed by atoms with Crippen molar-refractivity contribution in [3.63, 3.8) is 0 Å². The van der Waals surface area contributed by atoms with Gasteiger partial charge in [-0.3, -0.25) is 0 Å². The second kappa shape index (κ2) is 11.7. The molecule has 4 aromatic carbocycles. The number of methoxy groups -OCH3 is 2. The van der Waals surface area contributed by atoms with Gasteiger partial charge in [0.25, 0.3) is 0 Å². The van der Waals surface area contributed by atoms with Gasteiger partial charge in [0.15, 0.2) is 14.7 Å². The summed E-state index contributed by atoms with van der Waals surface area (Å²) in [5, 5.41) is 0. The largest absolute Gasteiger partial charge is 0.744 e. The first kappa shape index (κ1) is 25.4. The fourth-order valence-corrected chi connectivity index (χ4v) is 5.63. The molecule has 4 rings (SSSR count). The molecule has 0 aliphatic heterocycles. The van der Waals surface area contributed by atoms with Crippen molar-refractivity contribution < 1.29 is 22.4 Å². The quantitative estimate of drug-likeness (QED) is 0.254. The summed E-state index contributed by atoms with van der Waals surface area (Å²) in [7, 11) is -1.02. The van der Waals surface area contributed by atoms with E-state index in [0.29, 0.717) is 0 Å². The SMILES string of the molecule is COc1ccc([S+](c2ccc(C)cc2)c2ccc(OC)cc2)cc1.O=S(=O)([O-])c1ccccc1. The summed E-state index contributed by atoms with van der Waals surface area (Å²) in [5.74, 6) is 1.75. The molecule has 0 radical (unpaired) electrons. The van der Waals surface area contributed by atoms with Gasteiger partial charge in [0, 0.05) is 0 Å². The summed E-state index contributed by atoms with van der Waals surface area (Å²) in [6, 6.07) is 32.6. The van der Waals surface area contributed by atoms with E-state index in [1.807, 2.05) is 24.3 Å². The maximum Gasteiger partial charge on any atom is 0.166 e. The Morgan fingerprint density at radius 1 is 0.618 bits per heavy atom. The minimum atomic E-state index is -4.25. The second-order valence-corrected chi connectivity index (χ2v) is 10.6. The van der Waals surface area contributed by atoms with Crippen LogP contribution < -0.4 is 9.47 Å². The molecule has 4 aromatic rings. The molecule has 0 unspecified atom stereocenters. The maximum atomic E-state index is 10.3. The zero-order valence-corrected chi connectivity index (χ0v) is 20.8. The van der Waals surface area contributed by atoms with Crippen LogP contribution in [-0.2, 0) is 21.0 Å². The summed E-state index contributed by atoms with van der Waals surface area (Å²) in [4.78, 5) is 3.65. The zero-order chi connectivity index (χ0) is 24.6. The average Bonchev–Trinajstić information content (AvgIpc) is 2.87. The maximum absolute atomic E-state index is 10.3. The Kier molecular flexibility index (Phi) is 8.76. The first-order valence-corrected chi connectivity index (χ1v) is 13.0. The average molecular weight is 495 g/mol. The molecule has 0 aromatic heterocycles.